The van der Waals surface area contributed by atoms with Crippen molar-refractivity contribution in [3.63, 3.8) is 0 Å². The molecule has 0 saturated heterocycles. The van der Waals surface area contributed by atoms with Crippen LogP contribution in [-0.4, -0.2) is 11.4 Å². The third-order valence-electron chi connectivity index (χ3n) is 6.66. The number of rotatable bonds is 10. The third kappa shape index (κ3) is 6.47. The van der Waals surface area contributed by atoms with E-state index in [1.54, 1.807) is 25.2 Å². The van der Waals surface area contributed by atoms with Gasteiger partial charge in [0, 0.05) is 40.2 Å². The number of hydrogen-bond donors (Lipinski definition) is 1. The molecule has 1 aromatic heterocycles. The minimum absolute atomic E-state index is 0.465. The smallest absolute Gasteiger partial charge is 0.173 e. The Morgan fingerprint density at radius 2 is 1.66 bits per heavy atom. The molecule has 0 amide bonds. The van der Waals surface area contributed by atoms with Crippen LogP contribution in [0.5, 0.6) is 5.75 Å². The van der Waals surface area contributed by atoms with Gasteiger partial charge >= 0.3 is 0 Å². The normalized spacial score (nSPS) is 11.1. The van der Waals surface area contributed by atoms with Gasteiger partial charge in [-0.3, -0.25) is 0 Å². The van der Waals surface area contributed by atoms with E-state index in [0.29, 0.717) is 29.5 Å². The molecule has 0 fully saturated rings. The topological polar surface area (TPSA) is 57.9 Å². The van der Waals surface area contributed by atoms with Gasteiger partial charge in [-0.2, -0.15) is 0 Å². The molecule has 5 nitrogen and oxygen atoms in total. The fourth-order valence-corrected chi connectivity index (χ4v) is 5.08. The standard InChI is InChI=1S/C35H31N3O2S/c1-5-24(2)40-37-26(4)29-20-31(22-32(21-29)39-23-33-12-9-19-41-33)38(30-17-15-27(16-18-30)25(3)36)35-14-8-11-28-10-6-7-13-34(28)35/h6-22,36H,1,23H2,2-4H3/b36-25?,37-26-. The van der Waals surface area contributed by atoms with Crippen molar-refractivity contribution >= 4 is 50.6 Å². The van der Waals surface area contributed by atoms with Crippen molar-refractivity contribution in [2.24, 2.45) is 5.16 Å². The summed E-state index contributed by atoms with van der Waals surface area (Å²) < 4.78 is 6.32. The number of benzene rings is 4. The van der Waals surface area contributed by atoms with Gasteiger partial charge < -0.3 is 19.9 Å². The van der Waals surface area contributed by atoms with Gasteiger partial charge in [0.2, 0.25) is 0 Å². The maximum absolute atomic E-state index is 8.08. The first kappa shape index (κ1) is 27.7. The molecule has 1 N–H and O–H groups in total. The zero-order valence-electron chi connectivity index (χ0n) is 23.3. The minimum atomic E-state index is 0.465. The molecule has 6 heteroatoms. The zero-order chi connectivity index (χ0) is 28.8. The summed E-state index contributed by atoms with van der Waals surface area (Å²) in [6, 6.07) is 33.0. The van der Waals surface area contributed by atoms with Crippen molar-refractivity contribution in [3.8, 4) is 5.75 Å². The first-order chi connectivity index (χ1) is 19.9. The van der Waals surface area contributed by atoms with E-state index in [-0.39, 0.29) is 0 Å². The number of fused-ring (bicyclic) bond motifs is 1. The largest absolute Gasteiger partial charge is 0.488 e. The summed E-state index contributed by atoms with van der Waals surface area (Å²) in [5.41, 5.74) is 8.56. The van der Waals surface area contributed by atoms with Gasteiger partial charge in [-0.1, -0.05) is 72.1 Å². The SMILES string of the molecule is C=C=C(C)O/N=C(/C)c1cc(OCc2cccs2)cc(N(c2ccc(C(C)=N)cc2)c2cccc3ccccc23)c1. The Morgan fingerprint density at radius 1 is 0.878 bits per heavy atom. The number of nitrogens with zero attached hydrogens (tertiary/aromatic N) is 2. The van der Waals surface area contributed by atoms with Crippen molar-refractivity contribution in [1.82, 2.24) is 0 Å². The summed E-state index contributed by atoms with van der Waals surface area (Å²) >= 11 is 1.66. The molecule has 0 unspecified atom stereocenters. The molecule has 0 spiro atoms. The van der Waals surface area contributed by atoms with Crippen LogP contribution in [-0.2, 0) is 11.4 Å². The van der Waals surface area contributed by atoms with E-state index in [2.05, 4.69) is 95.2 Å². The molecule has 0 radical (unpaired) electrons. The van der Waals surface area contributed by atoms with Crippen LogP contribution in [0.4, 0.5) is 17.1 Å². The summed E-state index contributed by atoms with van der Waals surface area (Å²) in [5.74, 6) is 1.21. The lowest BCUT2D eigenvalue weighted by atomic mass is 10.0. The van der Waals surface area contributed by atoms with Crippen molar-refractivity contribution in [2.45, 2.75) is 27.4 Å². The summed E-state index contributed by atoms with van der Waals surface area (Å²) in [7, 11) is 0. The Hall–Kier alpha value is -4.90. The molecule has 0 saturated carbocycles. The average molecular weight is 558 g/mol. The Labute approximate surface area is 244 Å². The first-order valence-corrected chi connectivity index (χ1v) is 14.1. The van der Waals surface area contributed by atoms with E-state index in [1.807, 2.05) is 36.6 Å². The third-order valence-corrected chi connectivity index (χ3v) is 7.51. The predicted octanol–water partition coefficient (Wildman–Crippen LogP) is 9.77. The van der Waals surface area contributed by atoms with Gasteiger partial charge in [-0.05, 0) is 66.6 Å². The number of anilines is 3. The fraction of sp³-hybridized carbons (Fsp3) is 0.114. The summed E-state index contributed by atoms with van der Waals surface area (Å²) in [6.07, 6.45) is 0. The van der Waals surface area contributed by atoms with Gasteiger partial charge in [0.15, 0.2) is 5.76 Å². The Balaban J connectivity index is 1.69. The van der Waals surface area contributed by atoms with Crippen LogP contribution < -0.4 is 9.64 Å². The predicted molar refractivity (Wildman–Crippen MR) is 171 cm³/mol. The summed E-state index contributed by atoms with van der Waals surface area (Å²) in [4.78, 5) is 8.85. The molecule has 0 aliphatic carbocycles. The van der Waals surface area contributed by atoms with E-state index >= 15 is 0 Å². The Bertz CT molecular complexity index is 1760. The van der Waals surface area contributed by atoms with Gasteiger partial charge in [-0.15, -0.1) is 11.3 Å². The second-order valence-corrected chi connectivity index (χ2v) is 10.6. The van der Waals surface area contributed by atoms with Crippen molar-refractivity contribution in [3.05, 3.63) is 137 Å². The van der Waals surface area contributed by atoms with Crippen LogP contribution in [0.3, 0.4) is 0 Å². The molecule has 4 aromatic carbocycles. The number of allylic oxidation sites excluding steroid dienone is 1. The van der Waals surface area contributed by atoms with E-state index < -0.39 is 0 Å². The molecule has 5 aromatic rings. The Kier molecular flexibility index (Phi) is 8.44. The van der Waals surface area contributed by atoms with Crippen molar-refractivity contribution in [1.29, 1.82) is 5.41 Å². The van der Waals surface area contributed by atoms with Crippen LogP contribution in [0.1, 0.15) is 36.8 Å². The van der Waals surface area contributed by atoms with Crippen LogP contribution in [0.25, 0.3) is 10.8 Å². The van der Waals surface area contributed by atoms with Crippen LogP contribution in [0.15, 0.2) is 126 Å². The maximum Gasteiger partial charge on any atom is 0.173 e. The van der Waals surface area contributed by atoms with E-state index in [4.69, 9.17) is 15.0 Å². The second-order valence-electron chi connectivity index (χ2n) is 9.59. The highest BCUT2D eigenvalue weighted by atomic mass is 32.1. The molecule has 5 rings (SSSR count). The quantitative estimate of drug-likeness (QED) is 0.0805. The monoisotopic (exact) mass is 557 g/mol. The molecule has 0 aliphatic rings. The highest BCUT2D eigenvalue weighted by molar-refractivity contribution is 7.09. The zero-order valence-corrected chi connectivity index (χ0v) is 24.2. The average Bonchev–Trinajstić information content (AvgIpc) is 3.53. The molecule has 204 valence electrons. The molecule has 1 heterocycles. The van der Waals surface area contributed by atoms with Crippen LogP contribution in [0, 0.1) is 5.41 Å². The highest BCUT2D eigenvalue weighted by Gasteiger charge is 2.18. The molecule has 41 heavy (non-hydrogen) atoms. The van der Waals surface area contributed by atoms with E-state index in [0.717, 1.165) is 43.8 Å². The van der Waals surface area contributed by atoms with Crippen LogP contribution >= 0.6 is 11.3 Å². The Morgan fingerprint density at radius 3 is 2.39 bits per heavy atom. The van der Waals surface area contributed by atoms with E-state index in [9.17, 15) is 0 Å². The number of nitrogens with one attached hydrogen (secondary N) is 1. The van der Waals surface area contributed by atoms with Crippen LogP contribution in [0.2, 0.25) is 0 Å². The van der Waals surface area contributed by atoms with Gasteiger partial charge in [0.05, 0.1) is 17.1 Å². The molecule has 0 atom stereocenters. The van der Waals surface area contributed by atoms with Gasteiger partial charge in [0.25, 0.3) is 0 Å². The number of oxime groups is 1. The highest BCUT2D eigenvalue weighted by Crippen LogP contribution is 2.40. The second kappa shape index (κ2) is 12.5. The maximum atomic E-state index is 8.08. The van der Waals surface area contributed by atoms with Gasteiger partial charge in [-0.25, -0.2) is 0 Å². The molecular weight excluding hydrogens is 526 g/mol. The summed E-state index contributed by atoms with van der Waals surface area (Å²) in [5, 5.41) is 16.7. The first-order valence-electron chi connectivity index (χ1n) is 13.3. The lowest BCUT2D eigenvalue weighted by Crippen LogP contribution is -2.12. The van der Waals surface area contributed by atoms with E-state index in [1.165, 1.54) is 0 Å². The van der Waals surface area contributed by atoms with Crippen molar-refractivity contribution < 1.29 is 9.57 Å². The minimum Gasteiger partial charge on any atom is -0.488 e. The number of thiophene rings is 1. The number of hydrogen-bond acceptors (Lipinski definition) is 6. The van der Waals surface area contributed by atoms with Gasteiger partial charge in [0.1, 0.15) is 12.4 Å². The lowest BCUT2D eigenvalue weighted by molar-refractivity contribution is 0.230. The molecular formula is C35H31N3O2S. The fourth-order valence-electron chi connectivity index (χ4n) is 4.47. The molecule has 0 aliphatic heterocycles. The summed E-state index contributed by atoms with van der Waals surface area (Å²) in [6.45, 7) is 9.55. The lowest BCUT2D eigenvalue weighted by Gasteiger charge is -2.28. The number of ether oxygens (including phenoxy) is 1. The molecule has 0 bridgehead atoms. The van der Waals surface area contributed by atoms with Crippen molar-refractivity contribution in [2.75, 3.05) is 4.90 Å².